The number of nitrogens with zero attached hydrogens (tertiary/aromatic N) is 1. The average Bonchev–Trinajstić information content (AvgIpc) is 2.47. The van der Waals surface area contributed by atoms with Gasteiger partial charge in [-0.2, -0.15) is 0 Å². The van der Waals surface area contributed by atoms with Gasteiger partial charge >= 0.3 is 0 Å². The molecule has 0 bridgehead atoms. The van der Waals surface area contributed by atoms with Crippen molar-refractivity contribution in [1.29, 1.82) is 0 Å². The molecule has 1 unspecified atom stereocenters. The van der Waals surface area contributed by atoms with E-state index in [-0.39, 0.29) is 0 Å². The summed E-state index contributed by atoms with van der Waals surface area (Å²) in [7, 11) is 0. The molecule has 2 heteroatoms. The molecule has 108 valence electrons. The zero-order valence-corrected chi connectivity index (χ0v) is 12.9. The molecule has 0 saturated heterocycles. The SMILES string of the molecule is CCCNC(CCc1ccncc1)CC(CC)CC. The van der Waals surface area contributed by atoms with Gasteiger partial charge in [0, 0.05) is 18.4 Å². The summed E-state index contributed by atoms with van der Waals surface area (Å²) in [5.41, 5.74) is 1.41. The molecule has 0 aliphatic heterocycles. The summed E-state index contributed by atoms with van der Waals surface area (Å²) in [5.74, 6) is 0.867. The Morgan fingerprint density at radius 1 is 1.11 bits per heavy atom. The number of aryl methyl sites for hydroxylation is 1. The average molecular weight is 262 g/mol. The third kappa shape index (κ3) is 6.72. The molecule has 0 saturated carbocycles. The molecule has 0 radical (unpaired) electrons. The summed E-state index contributed by atoms with van der Waals surface area (Å²) in [6, 6.07) is 4.93. The molecule has 0 aliphatic rings. The van der Waals surface area contributed by atoms with Gasteiger partial charge in [0.15, 0.2) is 0 Å². The minimum Gasteiger partial charge on any atom is -0.314 e. The van der Waals surface area contributed by atoms with Gasteiger partial charge in [-0.15, -0.1) is 0 Å². The first-order valence-corrected chi connectivity index (χ1v) is 7.92. The van der Waals surface area contributed by atoms with Gasteiger partial charge in [0.05, 0.1) is 0 Å². The maximum atomic E-state index is 4.08. The van der Waals surface area contributed by atoms with Gasteiger partial charge in [-0.1, -0.05) is 33.6 Å². The topological polar surface area (TPSA) is 24.9 Å². The number of nitrogens with one attached hydrogen (secondary N) is 1. The fraction of sp³-hybridized carbons (Fsp3) is 0.706. The van der Waals surface area contributed by atoms with Gasteiger partial charge in [-0.25, -0.2) is 0 Å². The maximum absolute atomic E-state index is 4.08. The molecule has 0 fully saturated rings. The van der Waals surface area contributed by atoms with Crippen LogP contribution in [0.5, 0.6) is 0 Å². The van der Waals surface area contributed by atoms with E-state index < -0.39 is 0 Å². The monoisotopic (exact) mass is 262 g/mol. The number of aromatic nitrogens is 1. The van der Waals surface area contributed by atoms with Crippen LogP contribution in [0.3, 0.4) is 0 Å². The standard InChI is InChI=1S/C17H30N2/c1-4-11-19-17(14-15(5-2)6-3)8-7-16-9-12-18-13-10-16/h9-10,12-13,15,17,19H,4-8,11,14H2,1-3H3. The Morgan fingerprint density at radius 3 is 2.37 bits per heavy atom. The van der Waals surface area contributed by atoms with Crippen LogP contribution in [0.4, 0.5) is 0 Å². The van der Waals surface area contributed by atoms with Crippen molar-refractivity contribution in [3.63, 3.8) is 0 Å². The summed E-state index contributed by atoms with van der Waals surface area (Å²) in [5, 5.41) is 3.72. The Morgan fingerprint density at radius 2 is 1.79 bits per heavy atom. The molecule has 1 rings (SSSR count). The predicted octanol–water partition coefficient (Wildman–Crippen LogP) is 4.21. The second-order valence-corrected chi connectivity index (χ2v) is 5.46. The molecule has 19 heavy (non-hydrogen) atoms. The van der Waals surface area contributed by atoms with E-state index >= 15 is 0 Å². The molecule has 0 aromatic carbocycles. The molecule has 1 atom stereocenters. The van der Waals surface area contributed by atoms with Crippen molar-refractivity contribution in [3.8, 4) is 0 Å². The molecule has 1 heterocycles. The third-order valence-corrected chi connectivity index (χ3v) is 3.99. The van der Waals surface area contributed by atoms with E-state index in [1.54, 1.807) is 0 Å². The largest absolute Gasteiger partial charge is 0.314 e. The normalized spacial score (nSPS) is 12.8. The molecule has 0 amide bonds. The second-order valence-electron chi connectivity index (χ2n) is 5.46. The van der Waals surface area contributed by atoms with Crippen LogP contribution in [-0.2, 0) is 6.42 Å². The van der Waals surface area contributed by atoms with Crippen molar-refractivity contribution >= 4 is 0 Å². The van der Waals surface area contributed by atoms with E-state index in [9.17, 15) is 0 Å². The van der Waals surface area contributed by atoms with Crippen molar-refractivity contribution in [2.45, 2.75) is 65.3 Å². The van der Waals surface area contributed by atoms with Crippen LogP contribution in [0.25, 0.3) is 0 Å². The number of hydrogen-bond acceptors (Lipinski definition) is 2. The summed E-state index contributed by atoms with van der Waals surface area (Å²) in [6.45, 7) is 8.01. The van der Waals surface area contributed by atoms with Crippen molar-refractivity contribution < 1.29 is 0 Å². The van der Waals surface area contributed by atoms with E-state index in [1.807, 2.05) is 12.4 Å². The van der Waals surface area contributed by atoms with Crippen LogP contribution < -0.4 is 5.32 Å². The highest BCUT2D eigenvalue weighted by atomic mass is 14.9. The molecule has 1 aromatic rings. The lowest BCUT2D eigenvalue weighted by molar-refractivity contribution is 0.352. The predicted molar refractivity (Wildman–Crippen MR) is 83.3 cm³/mol. The Kier molecular flexibility index (Phi) is 8.48. The molecule has 0 spiro atoms. The van der Waals surface area contributed by atoms with Crippen LogP contribution in [0.1, 0.15) is 58.4 Å². The smallest absolute Gasteiger partial charge is 0.0270 e. The Balaban J connectivity index is 2.44. The summed E-state index contributed by atoms with van der Waals surface area (Å²) < 4.78 is 0. The van der Waals surface area contributed by atoms with E-state index in [4.69, 9.17) is 0 Å². The summed E-state index contributed by atoms with van der Waals surface area (Å²) in [6.07, 6.45) is 11.3. The first kappa shape index (κ1) is 16.2. The van der Waals surface area contributed by atoms with Crippen molar-refractivity contribution in [2.24, 2.45) is 5.92 Å². The first-order valence-electron chi connectivity index (χ1n) is 7.92. The fourth-order valence-electron chi connectivity index (χ4n) is 2.57. The van der Waals surface area contributed by atoms with Gasteiger partial charge < -0.3 is 5.32 Å². The van der Waals surface area contributed by atoms with Crippen LogP contribution in [0, 0.1) is 5.92 Å². The molecule has 1 N–H and O–H groups in total. The zero-order valence-electron chi connectivity index (χ0n) is 12.9. The summed E-state index contributed by atoms with van der Waals surface area (Å²) in [4.78, 5) is 4.08. The molecule has 1 aromatic heterocycles. The number of pyridine rings is 1. The van der Waals surface area contributed by atoms with Crippen LogP contribution >= 0.6 is 0 Å². The highest BCUT2D eigenvalue weighted by molar-refractivity contribution is 5.09. The summed E-state index contributed by atoms with van der Waals surface area (Å²) >= 11 is 0. The van der Waals surface area contributed by atoms with Crippen LogP contribution in [0.2, 0.25) is 0 Å². The van der Waals surface area contributed by atoms with E-state index in [1.165, 1.54) is 37.7 Å². The van der Waals surface area contributed by atoms with Gasteiger partial charge in [0.25, 0.3) is 0 Å². The minimum atomic E-state index is 0.665. The molecular formula is C17H30N2. The van der Waals surface area contributed by atoms with Gasteiger partial charge in [0.2, 0.25) is 0 Å². The van der Waals surface area contributed by atoms with E-state index in [2.05, 4.69) is 43.2 Å². The van der Waals surface area contributed by atoms with Crippen molar-refractivity contribution in [1.82, 2.24) is 10.3 Å². The molecule has 2 nitrogen and oxygen atoms in total. The Labute approximate surface area is 119 Å². The zero-order chi connectivity index (χ0) is 13.9. The fourth-order valence-corrected chi connectivity index (χ4v) is 2.57. The minimum absolute atomic E-state index is 0.665. The van der Waals surface area contributed by atoms with Gasteiger partial charge in [-0.05, 0) is 55.8 Å². The van der Waals surface area contributed by atoms with Gasteiger partial charge in [-0.3, -0.25) is 4.98 Å². The third-order valence-electron chi connectivity index (χ3n) is 3.99. The van der Waals surface area contributed by atoms with E-state index in [0.717, 1.165) is 18.9 Å². The highest BCUT2D eigenvalue weighted by Gasteiger charge is 2.13. The van der Waals surface area contributed by atoms with E-state index in [0.29, 0.717) is 6.04 Å². The second kappa shape index (κ2) is 9.96. The Hall–Kier alpha value is -0.890. The quantitative estimate of drug-likeness (QED) is 0.683. The van der Waals surface area contributed by atoms with Crippen molar-refractivity contribution in [3.05, 3.63) is 30.1 Å². The Bertz CT molecular complexity index is 306. The lowest BCUT2D eigenvalue weighted by atomic mass is 9.91. The lowest BCUT2D eigenvalue weighted by Gasteiger charge is -2.23. The number of rotatable bonds is 10. The number of hydrogen-bond donors (Lipinski definition) is 1. The van der Waals surface area contributed by atoms with Crippen LogP contribution in [0.15, 0.2) is 24.5 Å². The molecular weight excluding hydrogens is 232 g/mol. The highest BCUT2D eigenvalue weighted by Crippen LogP contribution is 2.18. The first-order chi connectivity index (χ1) is 9.30. The maximum Gasteiger partial charge on any atom is 0.0270 e. The van der Waals surface area contributed by atoms with Gasteiger partial charge in [0.1, 0.15) is 0 Å². The van der Waals surface area contributed by atoms with Crippen LogP contribution in [-0.4, -0.2) is 17.6 Å². The molecule has 0 aliphatic carbocycles. The van der Waals surface area contributed by atoms with Crippen molar-refractivity contribution in [2.75, 3.05) is 6.54 Å². The lowest BCUT2D eigenvalue weighted by Crippen LogP contribution is -2.32.